The molecule has 0 aliphatic heterocycles. The van der Waals surface area contributed by atoms with Crippen LogP contribution in [0.1, 0.15) is 25.7 Å². The molecule has 0 aromatic carbocycles. The van der Waals surface area contributed by atoms with Crippen molar-refractivity contribution in [3.63, 3.8) is 0 Å². The van der Waals surface area contributed by atoms with Crippen molar-refractivity contribution in [2.75, 3.05) is 0 Å². The summed E-state index contributed by atoms with van der Waals surface area (Å²) in [5.74, 6) is 0. The average Bonchev–Trinajstić information content (AvgIpc) is 1.90. The first-order chi connectivity index (χ1) is 5.00. The van der Waals surface area contributed by atoms with E-state index in [-0.39, 0.29) is 0 Å². The SMILES string of the molecule is C1=CCCC=CCC1.[Cl][Ru]. The molecule has 0 atom stereocenters. The van der Waals surface area contributed by atoms with Crippen LogP contribution in [-0.2, 0) is 17.3 Å². The average molecular weight is 245 g/mol. The van der Waals surface area contributed by atoms with Crippen molar-refractivity contribution in [2.45, 2.75) is 25.7 Å². The van der Waals surface area contributed by atoms with Gasteiger partial charge in [-0.15, -0.1) is 0 Å². The third kappa shape index (κ3) is 6.51. The third-order valence-corrected chi connectivity index (χ3v) is 1.33. The summed E-state index contributed by atoms with van der Waals surface area (Å²) < 4.78 is 0. The van der Waals surface area contributed by atoms with Crippen molar-refractivity contribution in [3.05, 3.63) is 24.3 Å². The maximum atomic E-state index is 4.57. The molecule has 2 heteroatoms. The maximum absolute atomic E-state index is 4.57. The molecule has 0 heterocycles. The van der Waals surface area contributed by atoms with Crippen molar-refractivity contribution in [2.24, 2.45) is 0 Å². The number of rotatable bonds is 0. The van der Waals surface area contributed by atoms with Crippen LogP contribution in [0.5, 0.6) is 0 Å². The Morgan fingerprint density at radius 2 is 0.900 bits per heavy atom. The summed E-state index contributed by atoms with van der Waals surface area (Å²) in [6, 6.07) is 0. The van der Waals surface area contributed by atoms with Crippen LogP contribution >= 0.6 is 9.69 Å². The molecule has 1 aliphatic rings. The van der Waals surface area contributed by atoms with E-state index in [0.29, 0.717) is 0 Å². The second-order valence-electron chi connectivity index (χ2n) is 2.10. The summed E-state index contributed by atoms with van der Waals surface area (Å²) in [6.07, 6.45) is 14.0. The van der Waals surface area contributed by atoms with E-state index in [9.17, 15) is 0 Å². The molecular formula is C8H12ClRu. The van der Waals surface area contributed by atoms with Crippen LogP contribution < -0.4 is 0 Å². The second kappa shape index (κ2) is 9.39. The van der Waals surface area contributed by atoms with E-state index in [1.807, 2.05) is 17.3 Å². The summed E-state index contributed by atoms with van der Waals surface area (Å²) in [4.78, 5) is 0. The number of allylic oxidation sites excluding steroid dienone is 4. The molecule has 0 saturated carbocycles. The Balaban J connectivity index is 0.000000371. The molecule has 59 valence electrons. The zero-order valence-corrected chi connectivity index (χ0v) is 8.36. The zero-order valence-electron chi connectivity index (χ0n) is 5.87. The van der Waals surface area contributed by atoms with Crippen molar-refractivity contribution in [3.8, 4) is 0 Å². The van der Waals surface area contributed by atoms with E-state index in [1.165, 1.54) is 25.7 Å². The standard InChI is InChI=1S/C8H12.ClH.Ru/c1-2-4-6-8-7-5-3-1;;/h1-2,7-8H,3-6H2;1H;/q;;+1/p-1. The van der Waals surface area contributed by atoms with Crippen LogP contribution in [0.2, 0.25) is 0 Å². The quantitative estimate of drug-likeness (QED) is 0.453. The van der Waals surface area contributed by atoms with Gasteiger partial charge in [0.15, 0.2) is 0 Å². The molecule has 0 saturated heterocycles. The second-order valence-corrected chi connectivity index (χ2v) is 2.10. The molecule has 0 radical (unpaired) electrons. The van der Waals surface area contributed by atoms with Crippen molar-refractivity contribution >= 4 is 9.69 Å². The first-order valence-corrected chi connectivity index (χ1v) is 5.67. The normalized spacial score (nSPS) is 16.6. The zero-order chi connectivity index (χ0) is 7.66. The molecule has 0 amide bonds. The predicted molar refractivity (Wildman–Crippen MR) is 42.6 cm³/mol. The predicted octanol–water partition coefficient (Wildman–Crippen LogP) is 3.36. The van der Waals surface area contributed by atoms with E-state index in [2.05, 4.69) is 34.0 Å². The van der Waals surface area contributed by atoms with Crippen LogP contribution in [0.3, 0.4) is 0 Å². The van der Waals surface area contributed by atoms with Gasteiger partial charge < -0.3 is 0 Å². The van der Waals surface area contributed by atoms with E-state index in [0.717, 1.165) is 0 Å². The number of halogens is 1. The Bertz CT molecular complexity index is 81.8. The third-order valence-electron chi connectivity index (χ3n) is 1.33. The van der Waals surface area contributed by atoms with Gasteiger partial charge in [-0.2, -0.15) is 0 Å². The molecule has 0 aromatic rings. The Labute approximate surface area is 77.1 Å². The minimum absolute atomic E-state index is 1.23. The topological polar surface area (TPSA) is 0 Å². The van der Waals surface area contributed by atoms with E-state index >= 15 is 0 Å². The van der Waals surface area contributed by atoms with Crippen molar-refractivity contribution in [1.29, 1.82) is 0 Å². The fourth-order valence-corrected chi connectivity index (χ4v) is 0.856. The van der Waals surface area contributed by atoms with E-state index in [4.69, 9.17) is 0 Å². The van der Waals surface area contributed by atoms with Gasteiger partial charge in [0.25, 0.3) is 0 Å². The first kappa shape index (κ1) is 10.4. The number of hydrogen-bond acceptors (Lipinski definition) is 0. The molecule has 0 nitrogen and oxygen atoms in total. The van der Waals surface area contributed by atoms with Gasteiger partial charge in [-0.05, 0) is 25.7 Å². The summed E-state index contributed by atoms with van der Waals surface area (Å²) in [7, 11) is 4.57. The monoisotopic (exact) mass is 245 g/mol. The minimum atomic E-state index is 1.23. The van der Waals surface area contributed by atoms with Gasteiger partial charge in [-0.1, -0.05) is 24.3 Å². The van der Waals surface area contributed by atoms with Gasteiger partial charge in [0.2, 0.25) is 0 Å². The van der Waals surface area contributed by atoms with Gasteiger partial charge in [0.05, 0.1) is 0 Å². The van der Waals surface area contributed by atoms with Gasteiger partial charge in [-0.3, -0.25) is 0 Å². The first-order valence-electron chi connectivity index (χ1n) is 3.43. The summed E-state index contributed by atoms with van der Waals surface area (Å²) in [6.45, 7) is 0. The van der Waals surface area contributed by atoms with Gasteiger partial charge >= 0.3 is 27.0 Å². The Morgan fingerprint density at radius 3 is 1.10 bits per heavy atom. The molecule has 0 unspecified atom stereocenters. The van der Waals surface area contributed by atoms with Crippen LogP contribution in [0, 0.1) is 0 Å². The van der Waals surface area contributed by atoms with E-state index in [1.54, 1.807) is 0 Å². The molecule has 0 fully saturated rings. The summed E-state index contributed by atoms with van der Waals surface area (Å²) >= 11 is 1.82. The Morgan fingerprint density at radius 1 is 0.700 bits per heavy atom. The molecule has 0 aromatic heterocycles. The van der Waals surface area contributed by atoms with Gasteiger partial charge in [-0.25, -0.2) is 0 Å². The van der Waals surface area contributed by atoms with Crippen LogP contribution in [0.15, 0.2) is 24.3 Å². The van der Waals surface area contributed by atoms with Crippen molar-refractivity contribution < 1.29 is 17.3 Å². The van der Waals surface area contributed by atoms with Crippen LogP contribution in [-0.4, -0.2) is 0 Å². The molecule has 1 rings (SSSR count). The Kier molecular flexibility index (Phi) is 9.76. The molecule has 0 spiro atoms. The molecule has 10 heavy (non-hydrogen) atoms. The molecular weight excluding hydrogens is 233 g/mol. The molecule has 0 N–H and O–H groups in total. The van der Waals surface area contributed by atoms with Gasteiger partial charge in [0.1, 0.15) is 0 Å². The Hall–Kier alpha value is 0.393. The number of hydrogen-bond donors (Lipinski definition) is 0. The van der Waals surface area contributed by atoms with Gasteiger partial charge in [0, 0.05) is 0 Å². The fourth-order valence-electron chi connectivity index (χ4n) is 0.856. The molecule has 1 aliphatic carbocycles. The molecule has 0 bridgehead atoms. The fraction of sp³-hybridized carbons (Fsp3) is 0.500. The van der Waals surface area contributed by atoms with Crippen LogP contribution in [0.4, 0.5) is 0 Å². The van der Waals surface area contributed by atoms with Crippen molar-refractivity contribution in [1.82, 2.24) is 0 Å². The van der Waals surface area contributed by atoms with Crippen LogP contribution in [0.25, 0.3) is 0 Å². The summed E-state index contributed by atoms with van der Waals surface area (Å²) in [5, 5.41) is 0. The van der Waals surface area contributed by atoms with E-state index < -0.39 is 0 Å². The summed E-state index contributed by atoms with van der Waals surface area (Å²) in [5.41, 5.74) is 0.